The Morgan fingerprint density at radius 3 is 2.95 bits per heavy atom. The molecule has 2 unspecified atom stereocenters. The molecule has 0 aliphatic carbocycles. The maximum atomic E-state index is 12.1. The molecule has 3 N–H and O–H groups in total. The number of hydrogen-bond acceptors (Lipinski definition) is 3. The van der Waals surface area contributed by atoms with E-state index in [4.69, 9.17) is 17.3 Å². The highest BCUT2D eigenvalue weighted by Gasteiger charge is 2.25. The molecule has 0 bridgehead atoms. The van der Waals surface area contributed by atoms with Crippen LogP contribution in [-0.2, 0) is 4.79 Å². The Morgan fingerprint density at radius 1 is 1.50 bits per heavy atom. The predicted molar refractivity (Wildman–Crippen MR) is 83.9 cm³/mol. The van der Waals surface area contributed by atoms with Crippen molar-refractivity contribution in [2.45, 2.75) is 32.7 Å². The maximum Gasteiger partial charge on any atom is 0.238 e. The lowest BCUT2D eigenvalue weighted by Crippen LogP contribution is -2.46. The Kier molecular flexibility index (Phi) is 4.89. The highest BCUT2D eigenvalue weighted by Crippen LogP contribution is 2.24. The third kappa shape index (κ3) is 3.64. The molecule has 0 radical (unpaired) electrons. The molecule has 1 amide bonds. The summed E-state index contributed by atoms with van der Waals surface area (Å²) in [5, 5.41) is 3.37. The van der Waals surface area contributed by atoms with E-state index in [9.17, 15) is 4.79 Å². The number of piperidine rings is 1. The van der Waals surface area contributed by atoms with Crippen molar-refractivity contribution in [3.05, 3.63) is 23.2 Å². The van der Waals surface area contributed by atoms with Crippen LogP contribution in [0.25, 0.3) is 0 Å². The minimum Gasteiger partial charge on any atom is -0.397 e. The molecule has 2 rings (SSSR count). The molecule has 2 atom stereocenters. The molecule has 1 aromatic rings. The van der Waals surface area contributed by atoms with E-state index in [-0.39, 0.29) is 5.91 Å². The van der Waals surface area contributed by atoms with Crippen LogP contribution < -0.4 is 11.1 Å². The summed E-state index contributed by atoms with van der Waals surface area (Å²) in [6.45, 7) is 5.85. The van der Waals surface area contributed by atoms with Crippen LogP contribution in [0.15, 0.2) is 18.2 Å². The molecule has 1 aromatic carbocycles. The van der Waals surface area contributed by atoms with E-state index < -0.39 is 0 Å². The summed E-state index contributed by atoms with van der Waals surface area (Å²) in [6, 6.07) is 5.59. The van der Waals surface area contributed by atoms with E-state index in [0.717, 1.165) is 13.0 Å². The Hall–Kier alpha value is -1.26. The smallest absolute Gasteiger partial charge is 0.238 e. The fourth-order valence-corrected chi connectivity index (χ4v) is 2.77. The summed E-state index contributed by atoms with van der Waals surface area (Å²) in [7, 11) is 0. The van der Waals surface area contributed by atoms with Gasteiger partial charge in [0, 0.05) is 11.7 Å². The first-order valence-corrected chi connectivity index (χ1v) is 7.44. The molecule has 20 heavy (non-hydrogen) atoms. The van der Waals surface area contributed by atoms with Crippen LogP contribution >= 0.6 is 11.6 Å². The zero-order valence-corrected chi connectivity index (χ0v) is 12.8. The van der Waals surface area contributed by atoms with Gasteiger partial charge in [-0.25, -0.2) is 0 Å². The Morgan fingerprint density at radius 2 is 2.25 bits per heavy atom. The molecule has 1 heterocycles. The average Bonchev–Trinajstić information content (AvgIpc) is 2.39. The van der Waals surface area contributed by atoms with Crippen molar-refractivity contribution < 1.29 is 4.79 Å². The highest BCUT2D eigenvalue weighted by atomic mass is 35.5. The summed E-state index contributed by atoms with van der Waals surface area (Å²) >= 11 is 5.86. The molecular weight excluding hydrogens is 274 g/mol. The number of rotatable bonds is 3. The lowest BCUT2D eigenvalue weighted by Gasteiger charge is -2.37. The number of amides is 1. The number of carbonyl (C=O) groups is 1. The van der Waals surface area contributed by atoms with Crippen LogP contribution in [0.1, 0.15) is 26.7 Å². The summed E-state index contributed by atoms with van der Waals surface area (Å²) in [4.78, 5) is 14.3. The standard InChI is InChI=1S/C15H22ClN3O/c1-10-4-3-7-19(11(10)2)9-15(20)18-12-5-6-13(16)14(17)8-12/h5-6,8,10-11H,3-4,7,9,17H2,1-2H3,(H,18,20). The first-order chi connectivity index (χ1) is 9.47. The fourth-order valence-electron chi connectivity index (χ4n) is 2.65. The van der Waals surface area contributed by atoms with Crippen molar-refractivity contribution in [1.29, 1.82) is 0 Å². The van der Waals surface area contributed by atoms with E-state index >= 15 is 0 Å². The summed E-state index contributed by atoms with van der Waals surface area (Å²) in [5.41, 5.74) is 6.89. The zero-order valence-electron chi connectivity index (χ0n) is 12.0. The lowest BCUT2D eigenvalue weighted by molar-refractivity contribution is -0.118. The molecule has 1 aliphatic heterocycles. The third-order valence-electron chi connectivity index (χ3n) is 4.13. The van der Waals surface area contributed by atoms with Gasteiger partial charge in [-0.2, -0.15) is 0 Å². The van der Waals surface area contributed by atoms with Gasteiger partial charge in [-0.15, -0.1) is 0 Å². The van der Waals surface area contributed by atoms with Crippen molar-refractivity contribution in [1.82, 2.24) is 4.90 Å². The largest absolute Gasteiger partial charge is 0.397 e. The SMILES string of the molecule is CC1CCCN(CC(=O)Nc2ccc(Cl)c(N)c2)C1C. The monoisotopic (exact) mass is 295 g/mol. The van der Waals surface area contributed by atoms with Crippen molar-refractivity contribution in [2.75, 3.05) is 24.1 Å². The quantitative estimate of drug-likeness (QED) is 0.843. The minimum absolute atomic E-state index is 0.00678. The summed E-state index contributed by atoms with van der Waals surface area (Å²) in [5.74, 6) is 0.635. The van der Waals surface area contributed by atoms with E-state index in [1.165, 1.54) is 6.42 Å². The molecule has 0 spiro atoms. The van der Waals surface area contributed by atoms with Crippen LogP contribution in [0, 0.1) is 5.92 Å². The van der Waals surface area contributed by atoms with Gasteiger partial charge in [0.2, 0.25) is 5.91 Å². The molecule has 5 heteroatoms. The average molecular weight is 296 g/mol. The van der Waals surface area contributed by atoms with Crippen LogP contribution in [0.2, 0.25) is 5.02 Å². The Labute approximate surface area is 125 Å². The normalized spacial score (nSPS) is 23.6. The first-order valence-electron chi connectivity index (χ1n) is 7.06. The van der Waals surface area contributed by atoms with Gasteiger partial charge >= 0.3 is 0 Å². The molecule has 0 saturated carbocycles. The van der Waals surface area contributed by atoms with Gasteiger partial charge < -0.3 is 11.1 Å². The summed E-state index contributed by atoms with van der Waals surface area (Å²) < 4.78 is 0. The highest BCUT2D eigenvalue weighted by molar-refractivity contribution is 6.33. The van der Waals surface area contributed by atoms with Crippen molar-refractivity contribution in [2.24, 2.45) is 5.92 Å². The van der Waals surface area contributed by atoms with Gasteiger partial charge in [0.25, 0.3) is 0 Å². The van der Waals surface area contributed by atoms with Crippen LogP contribution in [-0.4, -0.2) is 29.9 Å². The van der Waals surface area contributed by atoms with Crippen molar-refractivity contribution in [3.63, 3.8) is 0 Å². The van der Waals surface area contributed by atoms with E-state index in [2.05, 4.69) is 24.1 Å². The van der Waals surface area contributed by atoms with Gasteiger partial charge in [-0.05, 0) is 50.4 Å². The van der Waals surface area contributed by atoms with Crippen LogP contribution in [0.3, 0.4) is 0 Å². The molecule has 1 saturated heterocycles. The number of benzene rings is 1. The third-order valence-corrected chi connectivity index (χ3v) is 4.47. The number of hydrogen-bond donors (Lipinski definition) is 2. The number of nitrogens with zero attached hydrogens (tertiary/aromatic N) is 1. The minimum atomic E-state index is -0.00678. The van der Waals surface area contributed by atoms with Gasteiger partial charge in [0.1, 0.15) is 0 Å². The lowest BCUT2D eigenvalue weighted by atomic mass is 9.92. The number of carbonyl (C=O) groups excluding carboxylic acids is 1. The number of halogens is 1. The number of likely N-dealkylation sites (tertiary alicyclic amines) is 1. The van der Waals surface area contributed by atoms with E-state index in [1.54, 1.807) is 18.2 Å². The molecule has 0 aromatic heterocycles. The van der Waals surface area contributed by atoms with Gasteiger partial charge in [-0.1, -0.05) is 18.5 Å². The Bertz CT molecular complexity index is 492. The molecule has 1 aliphatic rings. The molecule has 1 fully saturated rings. The number of anilines is 2. The predicted octanol–water partition coefficient (Wildman–Crippen LogP) is 2.98. The first kappa shape index (κ1) is 15.1. The molecule has 4 nitrogen and oxygen atoms in total. The van der Waals surface area contributed by atoms with E-state index in [0.29, 0.717) is 34.9 Å². The van der Waals surface area contributed by atoms with Crippen LogP contribution in [0.4, 0.5) is 11.4 Å². The molecular formula is C15H22ClN3O. The van der Waals surface area contributed by atoms with Gasteiger partial charge in [0.05, 0.1) is 17.3 Å². The second-order valence-corrected chi connectivity index (χ2v) is 6.02. The molecule has 110 valence electrons. The number of nitrogens with one attached hydrogen (secondary N) is 1. The number of nitrogens with two attached hydrogens (primary N) is 1. The fraction of sp³-hybridized carbons (Fsp3) is 0.533. The number of nitrogen functional groups attached to an aromatic ring is 1. The summed E-state index contributed by atoms with van der Waals surface area (Å²) in [6.07, 6.45) is 2.40. The Balaban J connectivity index is 1.93. The van der Waals surface area contributed by atoms with E-state index in [1.807, 2.05) is 0 Å². The van der Waals surface area contributed by atoms with Crippen molar-refractivity contribution in [3.8, 4) is 0 Å². The van der Waals surface area contributed by atoms with Crippen LogP contribution in [0.5, 0.6) is 0 Å². The van der Waals surface area contributed by atoms with Gasteiger partial charge in [-0.3, -0.25) is 9.69 Å². The maximum absolute atomic E-state index is 12.1. The second kappa shape index (κ2) is 6.46. The second-order valence-electron chi connectivity index (χ2n) is 5.62. The van der Waals surface area contributed by atoms with Crippen molar-refractivity contribution >= 4 is 28.9 Å². The topological polar surface area (TPSA) is 58.4 Å². The van der Waals surface area contributed by atoms with Gasteiger partial charge in [0.15, 0.2) is 0 Å². The zero-order chi connectivity index (χ0) is 14.7.